The second kappa shape index (κ2) is 7.58. The standard InChI is InChI=1S/C20H22N2O4/c1-26-17-11-9-16(10-12-17)22-19(24)18(23)21-13-20(25,15-7-8-15)14-5-3-2-4-6-14/h2-6,9-12,15,25H,7-8,13H2,1H3,(H,21,23)(H,22,24)/t20-/m0/s1. The lowest BCUT2D eigenvalue weighted by molar-refractivity contribution is -0.137. The Hall–Kier alpha value is -2.86. The van der Waals surface area contributed by atoms with Crippen LogP contribution in [-0.4, -0.2) is 30.6 Å². The van der Waals surface area contributed by atoms with Gasteiger partial charge in [0, 0.05) is 5.69 Å². The van der Waals surface area contributed by atoms with Crippen molar-refractivity contribution in [1.29, 1.82) is 0 Å². The van der Waals surface area contributed by atoms with Gasteiger partial charge in [-0.25, -0.2) is 0 Å². The number of benzene rings is 2. The average Bonchev–Trinajstić information content (AvgIpc) is 3.53. The molecule has 1 aliphatic rings. The maximum Gasteiger partial charge on any atom is 0.313 e. The van der Waals surface area contributed by atoms with E-state index >= 15 is 0 Å². The van der Waals surface area contributed by atoms with Crippen LogP contribution in [0.5, 0.6) is 5.75 Å². The smallest absolute Gasteiger partial charge is 0.313 e. The lowest BCUT2D eigenvalue weighted by atomic mass is 9.88. The van der Waals surface area contributed by atoms with Gasteiger partial charge in [-0.1, -0.05) is 30.3 Å². The lowest BCUT2D eigenvalue weighted by Crippen LogP contribution is -2.45. The molecular formula is C20H22N2O4. The topological polar surface area (TPSA) is 87.7 Å². The molecule has 0 aromatic heterocycles. The van der Waals surface area contributed by atoms with E-state index in [1.807, 2.05) is 30.3 Å². The summed E-state index contributed by atoms with van der Waals surface area (Å²) in [5, 5.41) is 16.1. The highest BCUT2D eigenvalue weighted by atomic mass is 16.5. The first-order valence-corrected chi connectivity index (χ1v) is 8.54. The van der Waals surface area contributed by atoms with E-state index in [0.717, 1.165) is 18.4 Å². The largest absolute Gasteiger partial charge is 0.497 e. The monoisotopic (exact) mass is 354 g/mol. The number of anilines is 1. The number of ether oxygens (including phenoxy) is 1. The van der Waals surface area contributed by atoms with Crippen molar-refractivity contribution in [2.45, 2.75) is 18.4 Å². The first kappa shape index (κ1) is 17.9. The highest BCUT2D eigenvalue weighted by Gasteiger charge is 2.45. The number of nitrogens with one attached hydrogen (secondary N) is 2. The second-order valence-electron chi connectivity index (χ2n) is 6.43. The van der Waals surface area contributed by atoms with Gasteiger partial charge in [-0.15, -0.1) is 0 Å². The number of methoxy groups -OCH3 is 1. The molecule has 6 heteroatoms. The molecule has 1 aliphatic carbocycles. The summed E-state index contributed by atoms with van der Waals surface area (Å²) in [7, 11) is 1.55. The Bertz CT molecular complexity index is 772. The van der Waals surface area contributed by atoms with Crippen LogP contribution in [0.4, 0.5) is 5.69 Å². The summed E-state index contributed by atoms with van der Waals surface area (Å²) < 4.78 is 5.05. The van der Waals surface area contributed by atoms with Gasteiger partial charge in [0.25, 0.3) is 0 Å². The molecule has 0 aliphatic heterocycles. The first-order chi connectivity index (χ1) is 12.5. The third-order valence-corrected chi connectivity index (χ3v) is 4.60. The van der Waals surface area contributed by atoms with Gasteiger partial charge in [0.1, 0.15) is 11.4 Å². The van der Waals surface area contributed by atoms with Gasteiger partial charge in [-0.05, 0) is 48.6 Å². The van der Waals surface area contributed by atoms with E-state index in [4.69, 9.17) is 4.74 Å². The Balaban J connectivity index is 1.60. The number of rotatable bonds is 6. The van der Waals surface area contributed by atoms with Crippen LogP contribution in [0.15, 0.2) is 54.6 Å². The zero-order chi connectivity index (χ0) is 18.6. The molecule has 136 valence electrons. The van der Waals surface area contributed by atoms with E-state index in [-0.39, 0.29) is 12.5 Å². The highest BCUT2D eigenvalue weighted by molar-refractivity contribution is 6.39. The summed E-state index contributed by atoms with van der Waals surface area (Å²) in [6.07, 6.45) is 1.80. The molecule has 1 saturated carbocycles. The van der Waals surface area contributed by atoms with Crippen molar-refractivity contribution < 1.29 is 19.4 Å². The van der Waals surface area contributed by atoms with E-state index in [2.05, 4.69) is 10.6 Å². The summed E-state index contributed by atoms with van der Waals surface area (Å²) in [5.74, 6) is -0.808. The summed E-state index contributed by atoms with van der Waals surface area (Å²) in [5.41, 5.74) is 0.0851. The van der Waals surface area contributed by atoms with Crippen LogP contribution in [0.3, 0.4) is 0 Å². The predicted molar refractivity (Wildman–Crippen MR) is 97.7 cm³/mol. The number of hydrogen-bond donors (Lipinski definition) is 3. The van der Waals surface area contributed by atoms with Crippen molar-refractivity contribution >= 4 is 17.5 Å². The maximum absolute atomic E-state index is 12.1. The van der Waals surface area contributed by atoms with Crippen LogP contribution < -0.4 is 15.4 Å². The number of carbonyl (C=O) groups is 2. The normalized spacial score (nSPS) is 15.6. The summed E-state index contributed by atoms with van der Waals surface area (Å²) in [4.78, 5) is 24.2. The molecule has 1 fully saturated rings. The third kappa shape index (κ3) is 4.03. The molecule has 3 N–H and O–H groups in total. The van der Waals surface area contributed by atoms with Gasteiger partial charge < -0.3 is 20.5 Å². The molecule has 0 bridgehead atoms. The molecule has 2 aromatic carbocycles. The Morgan fingerprint density at radius 1 is 1.08 bits per heavy atom. The van der Waals surface area contributed by atoms with E-state index in [0.29, 0.717) is 11.4 Å². The van der Waals surface area contributed by atoms with Gasteiger partial charge in [0.15, 0.2) is 0 Å². The molecule has 0 heterocycles. The van der Waals surface area contributed by atoms with Gasteiger partial charge in [-0.3, -0.25) is 9.59 Å². The van der Waals surface area contributed by atoms with Gasteiger partial charge in [-0.2, -0.15) is 0 Å². The minimum absolute atomic E-state index is 0.00343. The van der Waals surface area contributed by atoms with Crippen molar-refractivity contribution in [2.75, 3.05) is 19.0 Å². The zero-order valence-corrected chi connectivity index (χ0v) is 14.6. The van der Waals surface area contributed by atoms with Crippen LogP contribution in [0, 0.1) is 5.92 Å². The van der Waals surface area contributed by atoms with Crippen LogP contribution in [0.1, 0.15) is 18.4 Å². The molecule has 2 amide bonds. The molecule has 0 saturated heterocycles. The zero-order valence-electron chi connectivity index (χ0n) is 14.6. The Morgan fingerprint density at radius 2 is 1.73 bits per heavy atom. The maximum atomic E-state index is 12.1. The summed E-state index contributed by atoms with van der Waals surface area (Å²) in [6.45, 7) is -0.00343. The predicted octanol–water partition coefficient (Wildman–Crippen LogP) is 2.05. The van der Waals surface area contributed by atoms with Crippen LogP contribution in [0.25, 0.3) is 0 Å². The fraction of sp³-hybridized carbons (Fsp3) is 0.300. The number of amides is 2. The molecule has 1 atom stereocenters. The van der Waals surface area contributed by atoms with Crippen molar-refractivity contribution in [3.8, 4) is 5.75 Å². The van der Waals surface area contributed by atoms with Crippen molar-refractivity contribution in [3.05, 3.63) is 60.2 Å². The minimum Gasteiger partial charge on any atom is -0.497 e. The third-order valence-electron chi connectivity index (χ3n) is 4.60. The molecule has 26 heavy (non-hydrogen) atoms. The fourth-order valence-corrected chi connectivity index (χ4v) is 2.93. The van der Waals surface area contributed by atoms with Gasteiger partial charge in [0.2, 0.25) is 0 Å². The van der Waals surface area contributed by atoms with E-state index in [1.165, 1.54) is 0 Å². The highest BCUT2D eigenvalue weighted by Crippen LogP contribution is 2.45. The quantitative estimate of drug-likeness (QED) is 0.693. The average molecular weight is 354 g/mol. The lowest BCUT2D eigenvalue weighted by Gasteiger charge is -2.29. The van der Waals surface area contributed by atoms with Crippen molar-refractivity contribution in [3.63, 3.8) is 0 Å². The summed E-state index contributed by atoms with van der Waals surface area (Å²) >= 11 is 0. The molecule has 6 nitrogen and oxygen atoms in total. The minimum atomic E-state index is -1.16. The van der Waals surface area contributed by atoms with Crippen LogP contribution >= 0.6 is 0 Å². The molecule has 0 radical (unpaired) electrons. The molecule has 0 spiro atoms. The van der Waals surface area contributed by atoms with Gasteiger partial charge in [0.05, 0.1) is 13.7 Å². The van der Waals surface area contributed by atoms with Crippen molar-refractivity contribution in [2.24, 2.45) is 5.92 Å². The SMILES string of the molecule is COc1ccc(NC(=O)C(=O)NC[C@](O)(c2ccccc2)C2CC2)cc1. The Morgan fingerprint density at radius 3 is 2.31 bits per heavy atom. The fourth-order valence-electron chi connectivity index (χ4n) is 2.93. The molecular weight excluding hydrogens is 332 g/mol. The summed E-state index contributed by atoms with van der Waals surface area (Å²) in [6, 6.07) is 15.9. The van der Waals surface area contributed by atoms with Crippen LogP contribution in [0.2, 0.25) is 0 Å². The second-order valence-corrected chi connectivity index (χ2v) is 6.43. The number of hydrogen-bond acceptors (Lipinski definition) is 4. The van der Waals surface area contributed by atoms with E-state index in [9.17, 15) is 14.7 Å². The number of carbonyl (C=O) groups excluding carboxylic acids is 2. The van der Waals surface area contributed by atoms with Crippen molar-refractivity contribution in [1.82, 2.24) is 5.32 Å². The van der Waals surface area contributed by atoms with Crippen LogP contribution in [-0.2, 0) is 15.2 Å². The molecule has 2 aromatic rings. The molecule has 0 unspecified atom stereocenters. The Labute approximate surface area is 152 Å². The van der Waals surface area contributed by atoms with E-state index < -0.39 is 17.4 Å². The van der Waals surface area contributed by atoms with E-state index in [1.54, 1.807) is 31.4 Å². The Kier molecular flexibility index (Phi) is 5.23. The first-order valence-electron chi connectivity index (χ1n) is 8.54. The van der Waals surface area contributed by atoms with Gasteiger partial charge >= 0.3 is 11.8 Å². The number of aliphatic hydroxyl groups is 1. The molecule has 3 rings (SSSR count).